The molecular weight excluding hydrogens is 278 g/mol. The molecule has 6 nitrogen and oxygen atoms in total. The van der Waals surface area contributed by atoms with Crippen molar-refractivity contribution in [2.75, 3.05) is 5.32 Å². The minimum absolute atomic E-state index is 0.196. The molecule has 0 bridgehead atoms. The van der Waals surface area contributed by atoms with Crippen LogP contribution in [-0.2, 0) is 4.79 Å². The van der Waals surface area contributed by atoms with Gasteiger partial charge >= 0.3 is 0 Å². The van der Waals surface area contributed by atoms with Crippen LogP contribution in [0.25, 0.3) is 0 Å². The maximum Gasteiger partial charge on any atom is 0.226 e. The number of Topliss-reactive ketones (excluding diaryl/α,β-unsaturated/α-hetero) is 1. The van der Waals surface area contributed by atoms with E-state index in [1.807, 2.05) is 23.7 Å². The summed E-state index contributed by atoms with van der Waals surface area (Å²) in [5, 5.41) is 7.80. The SMILES string of the molecule is Cc1nc2n(n1)C(c1ccncc1)C1=C(CC(C)CC1=O)N2. The molecule has 0 radical (unpaired) electrons. The van der Waals surface area contributed by atoms with E-state index in [2.05, 4.69) is 27.3 Å². The van der Waals surface area contributed by atoms with Gasteiger partial charge in [-0.25, -0.2) is 4.68 Å². The molecule has 112 valence electrons. The van der Waals surface area contributed by atoms with Gasteiger partial charge in [-0.05, 0) is 37.0 Å². The number of nitrogens with one attached hydrogen (secondary N) is 1. The Hall–Kier alpha value is -2.50. The molecule has 0 spiro atoms. The Kier molecular flexibility index (Phi) is 2.85. The van der Waals surface area contributed by atoms with Crippen LogP contribution in [0.3, 0.4) is 0 Å². The van der Waals surface area contributed by atoms with Crippen LogP contribution in [0.4, 0.5) is 5.95 Å². The summed E-state index contributed by atoms with van der Waals surface area (Å²) in [5.74, 6) is 1.95. The molecule has 0 aromatic carbocycles. The van der Waals surface area contributed by atoms with Gasteiger partial charge in [0.25, 0.3) is 0 Å². The van der Waals surface area contributed by atoms with Gasteiger partial charge in [0.1, 0.15) is 11.9 Å². The summed E-state index contributed by atoms with van der Waals surface area (Å²) in [6.45, 7) is 3.97. The Bertz CT molecular complexity index is 777. The molecule has 4 rings (SSSR count). The van der Waals surface area contributed by atoms with Gasteiger partial charge in [0.15, 0.2) is 5.78 Å². The van der Waals surface area contributed by atoms with Crippen molar-refractivity contribution in [1.82, 2.24) is 19.7 Å². The van der Waals surface area contributed by atoms with E-state index in [4.69, 9.17) is 0 Å². The zero-order chi connectivity index (χ0) is 15.3. The number of allylic oxidation sites excluding steroid dienone is 2. The molecule has 0 fully saturated rings. The van der Waals surface area contributed by atoms with Crippen LogP contribution in [0.5, 0.6) is 0 Å². The highest BCUT2D eigenvalue weighted by Crippen LogP contribution is 2.40. The topological polar surface area (TPSA) is 72.7 Å². The maximum atomic E-state index is 12.7. The molecule has 2 aliphatic rings. The molecule has 1 N–H and O–H groups in total. The summed E-state index contributed by atoms with van der Waals surface area (Å²) in [6, 6.07) is 3.66. The lowest BCUT2D eigenvalue weighted by atomic mass is 9.81. The highest BCUT2D eigenvalue weighted by Gasteiger charge is 2.38. The second-order valence-corrected chi connectivity index (χ2v) is 6.06. The standard InChI is InChI=1S/C16H17N5O/c1-9-7-12-14(13(22)8-9)15(11-3-5-17-6-4-11)21-16(19-12)18-10(2)20-21/h3-6,9,15H,7-8H2,1-2H3,(H,18,19,20). The molecule has 22 heavy (non-hydrogen) atoms. The number of aryl methyl sites for hydroxylation is 1. The molecule has 0 saturated carbocycles. The molecule has 3 heterocycles. The highest BCUT2D eigenvalue weighted by molar-refractivity contribution is 5.99. The molecule has 1 aliphatic carbocycles. The number of fused-ring (bicyclic) bond motifs is 1. The lowest BCUT2D eigenvalue weighted by Crippen LogP contribution is -2.33. The number of rotatable bonds is 1. The first-order chi connectivity index (χ1) is 10.6. The molecule has 2 atom stereocenters. The smallest absolute Gasteiger partial charge is 0.226 e. The van der Waals surface area contributed by atoms with E-state index in [1.54, 1.807) is 12.4 Å². The van der Waals surface area contributed by atoms with E-state index in [9.17, 15) is 4.79 Å². The number of carbonyl (C=O) groups excluding carboxylic acids is 1. The second-order valence-electron chi connectivity index (χ2n) is 6.06. The predicted octanol–water partition coefficient (Wildman–Crippen LogP) is 2.25. The van der Waals surface area contributed by atoms with Crippen LogP contribution in [0.2, 0.25) is 0 Å². The molecule has 6 heteroatoms. The third-order valence-corrected chi connectivity index (χ3v) is 4.25. The van der Waals surface area contributed by atoms with Gasteiger partial charge in [0.2, 0.25) is 5.95 Å². The number of hydrogen-bond donors (Lipinski definition) is 1. The Balaban J connectivity index is 1.92. The number of ketones is 1. The van der Waals surface area contributed by atoms with E-state index < -0.39 is 0 Å². The Labute approximate surface area is 128 Å². The van der Waals surface area contributed by atoms with E-state index in [1.165, 1.54) is 0 Å². The fourth-order valence-corrected chi connectivity index (χ4v) is 3.37. The molecular formula is C16H17N5O. The number of nitrogens with zero attached hydrogens (tertiary/aromatic N) is 4. The third kappa shape index (κ3) is 1.94. The minimum Gasteiger partial charge on any atom is -0.328 e. The first-order valence-corrected chi connectivity index (χ1v) is 7.50. The minimum atomic E-state index is -0.213. The molecule has 2 aromatic heterocycles. The van der Waals surface area contributed by atoms with Gasteiger partial charge in [0, 0.05) is 30.1 Å². The average Bonchev–Trinajstić information content (AvgIpc) is 2.85. The number of anilines is 1. The average molecular weight is 295 g/mol. The van der Waals surface area contributed by atoms with Crippen LogP contribution < -0.4 is 5.32 Å². The van der Waals surface area contributed by atoms with Crippen molar-refractivity contribution in [3.63, 3.8) is 0 Å². The van der Waals surface area contributed by atoms with E-state index in [0.29, 0.717) is 24.1 Å². The Morgan fingerprint density at radius 2 is 2.05 bits per heavy atom. The van der Waals surface area contributed by atoms with Crippen molar-refractivity contribution < 1.29 is 4.79 Å². The Morgan fingerprint density at radius 3 is 2.82 bits per heavy atom. The number of pyridine rings is 1. The lowest BCUT2D eigenvalue weighted by molar-refractivity contribution is -0.117. The number of carbonyl (C=O) groups is 1. The monoisotopic (exact) mass is 295 g/mol. The summed E-state index contributed by atoms with van der Waals surface area (Å²) in [7, 11) is 0. The van der Waals surface area contributed by atoms with E-state index in [0.717, 1.165) is 23.3 Å². The number of hydrogen-bond acceptors (Lipinski definition) is 5. The van der Waals surface area contributed by atoms with E-state index >= 15 is 0 Å². The van der Waals surface area contributed by atoms with Gasteiger partial charge in [0.05, 0.1) is 0 Å². The fourth-order valence-electron chi connectivity index (χ4n) is 3.37. The summed E-state index contributed by atoms with van der Waals surface area (Å²) in [4.78, 5) is 21.2. The van der Waals surface area contributed by atoms with Crippen LogP contribution in [0.1, 0.15) is 37.2 Å². The van der Waals surface area contributed by atoms with Gasteiger partial charge in [-0.1, -0.05) is 6.92 Å². The predicted molar refractivity (Wildman–Crippen MR) is 81.2 cm³/mol. The van der Waals surface area contributed by atoms with E-state index in [-0.39, 0.29) is 11.8 Å². The first-order valence-electron chi connectivity index (χ1n) is 7.50. The van der Waals surface area contributed by atoms with Crippen LogP contribution >= 0.6 is 0 Å². The zero-order valence-electron chi connectivity index (χ0n) is 12.6. The van der Waals surface area contributed by atoms with Crippen molar-refractivity contribution >= 4 is 11.7 Å². The van der Waals surface area contributed by atoms with Crippen molar-refractivity contribution in [3.8, 4) is 0 Å². The summed E-state index contributed by atoms with van der Waals surface area (Å²) >= 11 is 0. The molecule has 2 aromatic rings. The highest BCUT2D eigenvalue weighted by atomic mass is 16.1. The molecule has 0 saturated heterocycles. The second kappa shape index (κ2) is 4.76. The van der Waals surface area contributed by atoms with Gasteiger partial charge < -0.3 is 5.32 Å². The van der Waals surface area contributed by atoms with Gasteiger partial charge in [-0.2, -0.15) is 10.1 Å². The number of aromatic nitrogens is 4. The molecule has 0 amide bonds. The molecule has 1 aliphatic heterocycles. The summed E-state index contributed by atoms with van der Waals surface area (Å²) in [6.07, 6.45) is 4.95. The molecule has 2 unspecified atom stereocenters. The van der Waals surface area contributed by atoms with Crippen LogP contribution in [0, 0.1) is 12.8 Å². The van der Waals surface area contributed by atoms with Crippen LogP contribution in [0.15, 0.2) is 35.8 Å². The lowest BCUT2D eigenvalue weighted by Gasteiger charge is -2.34. The van der Waals surface area contributed by atoms with Gasteiger partial charge in [-0.3, -0.25) is 9.78 Å². The zero-order valence-corrected chi connectivity index (χ0v) is 12.6. The van der Waals surface area contributed by atoms with Crippen molar-refractivity contribution in [2.24, 2.45) is 5.92 Å². The van der Waals surface area contributed by atoms with Crippen molar-refractivity contribution in [3.05, 3.63) is 47.2 Å². The third-order valence-electron chi connectivity index (χ3n) is 4.25. The fraction of sp³-hybridized carbons (Fsp3) is 0.375. The van der Waals surface area contributed by atoms with Crippen molar-refractivity contribution in [1.29, 1.82) is 0 Å². The maximum absolute atomic E-state index is 12.7. The summed E-state index contributed by atoms with van der Waals surface area (Å²) in [5.41, 5.74) is 2.82. The van der Waals surface area contributed by atoms with Crippen LogP contribution in [-0.4, -0.2) is 25.5 Å². The van der Waals surface area contributed by atoms with Gasteiger partial charge in [-0.15, -0.1) is 0 Å². The summed E-state index contributed by atoms with van der Waals surface area (Å²) < 4.78 is 1.82. The normalized spacial score (nSPS) is 23.8. The first kappa shape index (κ1) is 13.2. The quantitative estimate of drug-likeness (QED) is 0.873. The Morgan fingerprint density at radius 1 is 1.27 bits per heavy atom. The van der Waals surface area contributed by atoms with Crippen molar-refractivity contribution in [2.45, 2.75) is 32.7 Å². The largest absolute Gasteiger partial charge is 0.328 e.